The van der Waals surface area contributed by atoms with Gasteiger partial charge in [0.05, 0.1) is 6.26 Å². The number of piperazine rings is 1. The van der Waals surface area contributed by atoms with Crippen molar-refractivity contribution in [2.45, 2.75) is 19.5 Å². The van der Waals surface area contributed by atoms with E-state index < -0.39 is 17.8 Å². The number of alkyl halides is 3. The Morgan fingerprint density at radius 3 is 2.63 bits per heavy atom. The van der Waals surface area contributed by atoms with Crippen LogP contribution in [0, 0.1) is 6.92 Å². The number of hydrogen-bond donors (Lipinski definition) is 2. The van der Waals surface area contributed by atoms with Gasteiger partial charge in [0, 0.05) is 52.0 Å². The number of amides is 1. The summed E-state index contributed by atoms with van der Waals surface area (Å²) in [5.41, 5.74) is -0.988. The molecule has 2 N–H and O–H groups in total. The van der Waals surface area contributed by atoms with Crippen LogP contribution >= 0.6 is 0 Å². The van der Waals surface area contributed by atoms with Crippen molar-refractivity contribution in [3.05, 3.63) is 29.9 Å². The molecule has 35 heavy (non-hydrogen) atoms. The van der Waals surface area contributed by atoms with E-state index >= 15 is 0 Å². The number of ether oxygens (including phenoxy) is 1. The number of nitrogens with zero attached hydrogens (tertiary/aromatic N) is 6. The molecular formula is C21H27F3N8O3. The van der Waals surface area contributed by atoms with Crippen LogP contribution in [-0.4, -0.2) is 83.7 Å². The number of halogens is 3. The van der Waals surface area contributed by atoms with Gasteiger partial charge in [-0.25, -0.2) is 9.78 Å². The van der Waals surface area contributed by atoms with Gasteiger partial charge in [0.1, 0.15) is 17.1 Å². The molecule has 2 aliphatic heterocycles. The second kappa shape index (κ2) is 10.4. The summed E-state index contributed by atoms with van der Waals surface area (Å²) < 4.78 is 51.1. The summed E-state index contributed by atoms with van der Waals surface area (Å²) in [6.07, 6.45) is -1.02. The van der Waals surface area contributed by atoms with Crippen LogP contribution < -0.4 is 15.5 Å². The fraction of sp³-hybridized carbons (Fsp3) is 0.524. The molecule has 0 saturated carbocycles. The molecule has 0 aromatic carbocycles. The number of aryl methyl sites for hydroxylation is 1. The van der Waals surface area contributed by atoms with E-state index in [4.69, 9.17) is 9.15 Å². The highest BCUT2D eigenvalue weighted by Crippen LogP contribution is 2.34. The molecule has 1 amide bonds. The zero-order valence-corrected chi connectivity index (χ0v) is 19.4. The number of nitrogens with one attached hydrogen (secondary N) is 2. The van der Waals surface area contributed by atoms with Gasteiger partial charge in [-0.05, 0) is 26.5 Å². The summed E-state index contributed by atoms with van der Waals surface area (Å²) in [5, 5.41) is 5.57. The van der Waals surface area contributed by atoms with E-state index in [0.717, 1.165) is 32.4 Å². The van der Waals surface area contributed by atoms with Gasteiger partial charge in [-0.2, -0.15) is 23.1 Å². The monoisotopic (exact) mass is 496 g/mol. The fourth-order valence-corrected chi connectivity index (χ4v) is 3.61. The smallest absolute Gasteiger partial charge is 0.421 e. The molecule has 0 unspecified atom stereocenters. The molecule has 2 aliphatic rings. The number of cyclic esters (lactones) is 1. The molecule has 0 spiro atoms. The maximum Gasteiger partial charge on any atom is 0.421 e. The third-order valence-electron chi connectivity index (χ3n) is 5.63. The van der Waals surface area contributed by atoms with E-state index in [0.29, 0.717) is 37.1 Å². The first kappa shape index (κ1) is 24.6. The Labute approximate surface area is 200 Å². The number of carbonyl (C=O) groups excluding carboxylic acids is 1. The van der Waals surface area contributed by atoms with Crippen LogP contribution in [0.2, 0.25) is 0 Å². The van der Waals surface area contributed by atoms with Gasteiger partial charge in [-0.1, -0.05) is 0 Å². The normalized spacial score (nSPS) is 17.0. The molecule has 4 heterocycles. The molecule has 14 heteroatoms. The number of likely N-dealkylation sites (N-methyl/N-ethyl adjacent to an activating group) is 1. The predicted molar refractivity (Wildman–Crippen MR) is 122 cm³/mol. The van der Waals surface area contributed by atoms with Gasteiger partial charge in [0.2, 0.25) is 5.95 Å². The largest absolute Gasteiger partial charge is 0.427 e. The van der Waals surface area contributed by atoms with E-state index in [2.05, 4.69) is 30.5 Å². The maximum absolute atomic E-state index is 13.5. The lowest BCUT2D eigenvalue weighted by atomic mass is 10.3. The van der Waals surface area contributed by atoms with Crippen LogP contribution in [0.3, 0.4) is 0 Å². The fourth-order valence-electron chi connectivity index (χ4n) is 3.61. The SMILES string of the molecule is Cc1oc(N2CCN(C)CC2)nc1Nc1ncc(C(F)(F)F)c(NCCCN2CC=COC2=O)n1. The predicted octanol–water partition coefficient (Wildman–Crippen LogP) is 3.06. The van der Waals surface area contributed by atoms with Crippen LogP contribution in [0.15, 0.2) is 23.0 Å². The summed E-state index contributed by atoms with van der Waals surface area (Å²) in [4.78, 5) is 29.6. The molecule has 2 aromatic rings. The summed E-state index contributed by atoms with van der Waals surface area (Å²) in [5.74, 6) is 0.392. The lowest BCUT2D eigenvalue weighted by molar-refractivity contribution is -0.137. The van der Waals surface area contributed by atoms with E-state index in [1.165, 1.54) is 11.2 Å². The second-order valence-electron chi connectivity index (χ2n) is 8.25. The standard InChI is InChI=1S/C21H27F3N8O3/c1-14-16(29-19(35-14)31-10-8-30(2)9-11-31)27-18-26-13-15(21(22,23)24)17(28-18)25-5-3-6-32-7-4-12-34-20(32)33/h4,12-13H,3,5-11H2,1-2H3,(H2,25,26,27,28). The van der Waals surface area contributed by atoms with E-state index in [-0.39, 0.29) is 18.3 Å². The minimum absolute atomic E-state index is 0.0495. The van der Waals surface area contributed by atoms with Crippen LogP contribution in [-0.2, 0) is 10.9 Å². The van der Waals surface area contributed by atoms with Crippen molar-refractivity contribution in [3.63, 3.8) is 0 Å². The number of hydrogen-bond acceptors (Lipinski definition) is 10. The Hall–Kier alpha value is -3.55. The number of carbonyl (C=O) groups is 1. The highest BCUT2D eigenvalue weighted by molar-refractivity contribution is 5.69. The zero-order valence-electron chi connectivity index (χ0n) is 19.4. The highest BCUT2D eigenvalue weighted by atomic mass is 19.4. The van der Waals surface area contributed by atoms with E-state index in [1.807, 2.05) is 11.9 Å². The summed E-state index contributed by atoms with van der Waals surface area (Å²) in [7, 11) is 2.04. The van der Waals surface area contributed by atoms with Crippen molar-refractivity contribution in [2.75, 3.05) is 68.4 Å². The Bertz CT molecular complexity index is 1070. The van der Waals surface area contributed by atoms with Gasteiger partial charge in [0.15, 0.2) is 5.82 Å². The van der Waals surface area contributed by atoms with Gasteiger partial charge >= 0.3 is 12.3 Å². The van der Waals surface area contributed by atoms with Crippen molar-refractivity contribution in [2.24, 2.45) is 0 Å². The number of rotatable bonds is 8. The molecule has 0 radical (unpaired) electrons. The lowest BCUT2D eigenvalue weighted by Gasteiger charge is -2.31. The molecule has 2 aromatic heterocycles. The molecule has 11 nitrogen and oxygen atoms in total. The van der Waals surface area contributed by atoms with Crippen LogP contribution in [0.4, 0.5) is 41.6 Å². The lowest BCUT2D eigenvalue weighted by Crippen LogP contribution is -2.44. The Kier molecular flexibility index (Phi) is 7.28. The zero-order chi connectivity index (χ0) is 25.0. The van der Waals surface area contributed by atoms with Gasteiger partial charge in [-0.15, -0.1) is 0 Å². The van der Waals surface area contributed by atoms with Gasteiger partial charge in [-0.3, -0.25) is 0 Å². The molecule has 0 atom stereocenters. The highest BCUT2D eigenvalue weighted by Gasteiger charge is 2.35. The van der Waals surface area contributed by atoms with Crippen molar-refractivity contribution in [3.8, 4) is 0 Å². The number of oxazole rings is 1. The van der Waals surface area contributed by atoms with Crippen molar-refractivity contribution < 1.29 is 27.1 Å². The van der Waals surface area contributed by atoms with E-state index in [1.54, 1.807) is 13.0 Å². The van der Waals surface area contributed by atoms with Crippen LogP contribution in [0.1, 0.15) is 17.7 Å². The summed E-state index contributed by atoms with van der Waals surface area (Å²) in [6, 6.07) is 0.439. The first-order valence-corrected chi connectivity index (χ1v) is 11.2. The van der Waals surface area contributed by atoms with Gasteiger partial charge < -0.3 is 34.5 Å². The molecular weight excluding hydrogens is 469 g/mol. The van der Waals surface area contributed by atoms with Crippen molar-refractivity contribution in [1.29, 1.82) is 0 Å². The van der Waals surface area contributed by atoms with Gasteiger partial charge in [0.25, 0.3) is 6.01 Å². The van der Waals surface area contributed by atoms with Crippen molar-refractivity contribution >= 4 is 29.7 Å². The first-order chi connectivity index (χ1) is 16.7. The minimum Gasteiger partial charge on any atom is -0.427 e. The third kappa shape index (κ3) is 6.12. The molecule has 1 saturated heterocycles. The van der Waals surface area contributed by atoms with E-state index in [9.17, 15) is 18.0 Å². The molecule has 4 rings (SSSR count). The molecule has 0 bridgehead atoms. The third-order valence-corrected chi connectivity index (χ3v) is 5.63. The maximum atomic E-state index is 13.5. The quantitative estimate of drug-likeness (QED) is 0.529. The van der Waals surface area contributed by atoms with Crippen molar-refractivity contribution in [1.82, 2.24) is 24.8 Å². The molecule has 0 aliphatic carbocycles. The Balaban J connectivity index is 1.43. The summed E-state index contributed by atoms with van der Waals surface area (Å²) >= 11 is 0. The second-order valence-corrected chi connectivity index (χ2v) is 8.25. The number of anilines is 4. The Morgan fingerprint density at radius 2 is 1.91 bits per heavy atom. The van der Waals surface area contributed by atoms with Crippen LogP contribution in [0.5, 0.6) is 0 Å². The summed E-state index contributed by atoms with van der Waals surface area (Å²) in [6.45, 7) is 5.83. The first-order valence-electron chi connectivity index (χ1n) is 11.2. The number of aromatic nitrogens is 3. The van der Waals surface area contributed by atoms with Crippen LogP contribution in [0.25, 0.3) is 0 Å². The average Bonchev–Trinajstić information content (AvgIpc) is 3.17. The molecule has 1 fully saturated rings. The molecule has 190 valence electrons. The Morgan fingerprint density at radius 1 is 1.14 bits per heavy atom. The average molecular weight is 496 g/mol. The topological polar surface area (TPSA) is 112 Å². The minimum atomic E-state index is -4.64.